The van der Waals surface area contributed by atoms with Gasteiger partial charge in [-0.2, -0.15) is 0 Å². The lowest BCUT2D eigenvalue weighted by molar-refractivity contribution is 0.357. The molecule has 2 nitrogen and oxygen atoms in total. The average Bonchev–Trinajstić information content (AvgIpc) is 2.49. The van der Waals surface area contributed by atoms with Crippen molar-refractivity contribution in [1.29, 1.82) is 0 Å². The van der Waals surface area contributed by atoms with E-state index in [9.17, 15) is 0 Å². The molecule has 1 aromatic rings. The average molecular weight is 163 g/mol. The third kappa shape index (κ3) is 1.13. The van der Waals surface area contributed by atoms with E-state index in [1.54, 1.807) is 0 Å². The summed E-state index contributed by atoms with van der Waals surface area (Å²) in [6, 6.07) is 6.34. The largest absolute Gasteiger partial charge is 0.493 e. The second-order valence-corrected chi connectivity index (χ2v) is 3.28. The van der Waals surface area contributed by atoms with Gasteiger partial charge in [-0.1, -0.05) is 0 Å². The highest BCUT2D eigenvalue weighted by atomic mass is 16.5. The smallest absolute Gasteiger partial charge is 0.122 e. The lowest BCUT2D eigenvalue weighted by atomic mass is 10.1. The van der Waals surface area contributed by atoms with Crippen LogP contribution in [0, 0.1) is 0 Å². The Hall–Kier alpha value is -1.18. The summed E-state index contributed by atoms with van der Waals surface area (Å²) in [5.41, 5.74) is 2.58. The first-order chi connectivity index (χ1) is 5.77. The second kappa shape index (κ2) is 2.70. The van der Waals surface area contributed by atoms with E-state index >= 15 is 0 Å². The van der Waals surface area contributed by atoms with E-state index in [1.165, 1.54) is 11.3 Å². The summed E-state index contributed by atoms with van der Waals surface area (Å²) in [6.45, 7) is 0.839. The highest BCUT2D eigenvalue weighted by Gasteiger charge is 2.11. The van der Waals surface area contributed by atoms with Crippen LogP contribution < -0.4 is 9.64 Å². The molecule has 2 rings (SSSR count). The van der Waals surface area contributed by atoms with Gasteiger partial charge in [-0.3, -0.25) is 0 Å². The van der Waals surface area contributed by atoms with Crippen LogP contribution in [0.2, 0.25) is 0 Å². The van der Waals surface area contributed by atoms with E-state index in [-0.39, 0.29) is 0 Å². The second-order valence-electron chi connectivity index (χ2n) is 3.28. The minimum atomic E-state index is 0.839. The summed E-state index contributed by atoms with van der Waals surface area (Å²) in [6.07, 6.45) is 1.05. The van der Waals surface area contributed by atoms with Crippen molar-refractivity contribution in [3.05, 3.63) is 23.8 Å². The van der Waals surface area contributed by atoms with Crippen LogP contribution in [-0.2, 0) is 6.42 Å². The van der Waals surface area contributed by atoms with Crippen molar-refractivity contribution in [1.82, 2.24) is 0 Å². The summed E-state index contributed by atoms with van der Waals surface area (Å²) >= 11 is 0. The molecule has 0 saturated carbocycles. The quantitative estimate of drug-likeness (QED) is 0.624. The Bertz CT molecular complexity index is 294. The van der Waals surface area contributed by atoms with E-state index in [4.69, 9.17) is 4.74 Å². The third-order valence-electron chi connectivity index (χ3n) is 2.19. The number of hydrogen-bond donors (Lipinski definition) is 0. The molecule has 64 valence electrons. The molecule has 0 radical (unpaired) electrons. The Labute approximate surface area is 72.8 Å². The van der Waals surface area contributed by atoms with Crippen LogP contribution in [0.3, 0.4) is 0 Å². The highest BCUT2D eigenvalue weighted by Crippen LogP contribution is 2.28. The summed E-state index contributed by atoms with van der Waals surface area (Å²) in [4.78, 5) is 2.11. The Morgan fingerprint density at radius 1 is 1.33 bits per heavy atom. The number of nitrogens with zero attached hydrogens (tertiary/aromatic N) is 1. The van der Waals surface area contributed by atoms with Crippen LogP contribution in [0.4, 0.5) is 5.69 Å². The summed E-state index contributed by atoms with van der Waals surface area (Å²) in [7, 11) is 4.11. The maximum Gasteiger partial charge on any atom is 0.122 e. The summed E-state index contributed by atoms with van der Waals surface area (Å²) in [5, 5.41) is 0. The van der Waals surface area contributed by atoms with Crippen molar-refractivity contribution in [2.24, 2.45) is 0 Å². The van der Waals surface area contributed by atoms with Crippen molar-refractivity contribution in [2.45, 2.75) is 6.42 Å². The van der Waals surface area contributed by atoms with Gasteiger partial charge in [-0.05, 0) is 23.8 Å². The fraction of sp³-hybridized carbons (Fsp3) is 0.400. The van der Waals surface area contributed by atoms with Gasteiger partial charge in [0.05, 0.1) is 6.61 Å². The third-order valence-corrected chi connectivity index (χ3v) is 2.19. The van der Waals surface area contributed by atoms with E-state index in [1.807, 2.05) is 0 Å². The van der Waals surface area contributed by atoms with E-state index in [0.29, 0.717) is 0 Å². The van der Waals surface area contributed by atoms with E-state index in [0.717, 1.165) is 18.8 Å². The molecule has 1 aliphatic rings. The van der Waals surface area contributed by atoms with Crippen LogP contribution in [0.1, 0.15) is 5.56 Å². The van der Waals surface area contributed by atoms with Crippen LogP contribution in [0.25, 0.3) is 0 Å². The first kappa shape index (κ1) is 7.47. The molecule has 1 heterocycles. The standard InChI is InChI=1S/C10H13NO/c1-11(2)9-3-4-10-8(7-9)5-6-12-10/h3-4,7H,5-6H2,1-2H3. The Morgan fingerprint density at radius 2 is 2.17 bits per heavy atom. The van der Waals surface area contributed by atoms with Gasteiger partial charge in [0.1, 0.15) is 5.75 Å². The molecule has 0 fully saturated rings. The molecule has 0 aliphatic carbocycles. The monoisotopic (exact) mass is 163 g/mol. The van der Waals surface area contributed by atoms with Gasteiger partial charge >= 0.3 is 0 Å². The number of hydrogen-bond acceptors (Lipinski definition) is 2. The molecule has 0 N–H and O–H groups in total. The van der Waals surface area contributed by atoms with Crippen LogP contribution >= 0.6 is 0 Å². The van der Waals surface area contributed by atoms with Crippen molar-refractivity contribution < 1.29 is 4.74 Å². The predicted molar refractivity (Wildman–Crippen MR) is 50.0 cm³/mol. The number of benzene rings is 1. The van der Waals surface area contributed by atoms with Crippen LogP contribution in [0.15, 0.2) is 18.2 Å². The number of fused-ring (bicyclic) bond motifs is 1. The molecule has 0 amide bonds. The Balaban J connectivity index is 2.39. The summed E-state index contributed by atoms with van der Waals surface area (Å²) < 4.78 is 5.41. The van der Waals surface area contributed by atoms with Crippen LogP contribution in [0.5, 0.6) is 5.75 Å². The Morgan fingerprint density at radius 3 is 2.92 bits per heavy atom. The van der Waals surface area contributed by atoms with Gasteiger partial charge in [0.15, 0.2) is 0 Å². The zero-order valence-corrected chi connectivity index (χ0v) is 7.50. The molecule has 0 bridgehead atoms. The maximum atomic E-state index is 5.41. The SMILES string of the molecule is CN(C)c1ccc2c(c1)CCO2. The zero-order valence-electron chi connectivity index (χ0n) is 7.50. The highest BCUT2D eigenvalue weighted by molar-refractivity contribution is 5.53. The van der Waals surface area contributed by atoms with E-state index in [2.05, 4.69) is 37.2 Å². The lowest BCUT2D eigenvalue weighted by Crippen LogP contribution is -2.08. The zero-order chi connectivity index (χ0) is 8.55. The molecular weight excluding hydrogens is 150 g/mol. The van der Waals surface area contributed by atoms with Crippen LogP contribution in [-0.4, -0.2) is 20.7 Å². The number of ether oxygens (including phenoxy) is 1. The maximum absolute atomic E-state index is 5.41. The molecular formula is C10H13NO. The van der Waals surface area contributed by atoms with Crippen molar-refractivity contribution in [3.63, 3.8) is 0 Å². The molecule has 0 aromatic heterocycles. The fourth-order valence-electron chi connectivity index (χ4n) is 1.45. The van der Waals surface area contributed by atoms with Gasteiger partial charge in [-0.25, -0.2) is 0 Å². The fourth-order valence-corrected chi connectivity index (χ4v) is 1.45. The van der Waals surface area contributed by atoms with Gasteiger partial charge in [0, 0.05) is 26.2 Å². The van der Waals surface area contributed by atoms with Gasteiger partial charge in [0.2, 0.25) is 0 Å². The topological polar surface area (TPSA) is 12.5 Å². The minimum absolute atomic E-state index is 0.839. The molecule has 0 atom stereocenters. The normalized spacial score (nSPS) is 13.8. The minimum Gasteiger partial charge on any atom is -0.493 e. The molecule has 0 unspecified atom stereocenters. The molecule has 1 aliphatic heterocycles. The lowest BCUT2D eigenvalue weighted by Gasteiger charge is -2.12. The van der Waals surface area contributed by atoms with E-state index < -0.39 is 0 Å². The molecule has 0 spiro atoms. The van der Waals surface area contributed by atoms with Gasteiger partial charge in [-0.15, -0.1) is 0 Å². The first-order valence-corrected chi connectivity index (χ1v) is 4.20. The van der Waals surface area contributed by atoms with Crippen molar-refractivity contribution >= 4 is 5.69 Å². The Kier molecular flexibility index (Phi) is 1.68. The molecule has 1 aromatic carbocycles. The summed E-state index contributed by atoms with van der Waals surface area (Å²) in [5.74, 6) is 1.06. The number of anilines is 1. The number of rotatable bonds is 1. The van der Waals surface area contributed by atoms with Gasteiger partial charge in [0.25, 0.3) is 0 Å². The predicted octanol–water partition coefficient (Wildman–Crippen LogP) is 1.69. The van der Waals surface area contributed by atoms with Gasteiger partial charge < -0.3 is 9.64 Å². The molecule has 12 heavy (non-hydrogen) atoms. The van der Waals surface area contributed by atoms with Crippen molar-refractivity contribution in [3.8, 4) is 5.75 Å². The van der Waals surface area contributed by atoms with Crippen molar-refractivity contribution in [2.75, 3.05) is 25.6 Å². The first-order valence-electron chi connectivity index (χ1n) is 4.20. The molecule has 2 heteroatoms. The molecule has 0 saturated heterocycles.